The van der Waals surface area contributed by atoms with Crippen LogP contribution in [0.25, 0.3) is 11.3 Å². The number of aromatic nitrogens is 2. The molecule has 0 aliphatic heterocycles. The van der Waals surface area contributed by atoms with Crippen LogP contribution in [0, 0.1) is 0 Å². The molecule has 0 aliphatic carbocycles. The summed E-state index contributed by atoms with van der Waals surface area (Å²) in [4.78, 5) is 24.0. The largest absolute Gasteiger partial charge is 0.494 e. The Morgan fingerprint density at radius 2 is 1.53 bits per heavy atom. The maximum Gasteiger partial charge on any atom is 0.335 e. The number of aliphatic hydroxyl groups is 2. The predicted molar refractivity (Wildman–Crippen MR) is 119 cm³/mol. The number of aliphatic hydroxyl groups excluding tert-OH is 2. The van der Waals surface area contributed by atoms with Crippen LogP contribution < -0.4 is 4.74 Å². The van der Waals surface area contributed by atoms with E-state index in [9.17, 15) is 9.59 Å². The highest BCUT2D eigenvalue weighted by molar-refractivity contribution is 5.83. The third-order valence-corrected chi connectivity index (χ3v) is 4.62. The van der Waals surface area contributed by atoms with Crippen molar-refractivity contribution in [2.24, 2.45) is 0 Å². The lowest BCUT2D eigenvalue weighted by Crippen LogP contribution is -2.39. The molecule has 0 saturated carbocycles. The number of carboxylic acids is 2. The third kappa shape index (κ3) is 9.93. The first kappa shape index (κ1) is 27.1. The Kier molecular flexibility index (Phi) is 12.7. The van der Waals surface area contributed by atoms with E-state index >= 15 is 0 Å². The van der Waals surface area contributed by atoms with E-state index in [0.29, 0.717) is 0 Å². The quantitative estimate of drug-likeness (QED) is 0.341. The van der Waals surface area contributed by atoms with E-state index in [1.54, 1.807) is 0 Å². The summed E-state index contributed by atoms with van der Waals surface area (Å²) >= 11 is 0. The Balaban J connectivity index is 0.000000433. The van der Waals surface area contributed by atoms with Crippen LogP contribution in [0.3, 0.4) is 0 Å². The third-order valence-electron chi connectivity index (χ3n) is 4.62. The van der Waals surface area contributed by atoms with Crippen molar-refractivity contribution in [3.63, 3.8) is 0 Å². The molecule has 2 atom stereocenters. The molecule has 1 aromatic heterocycles. The number of unbranched alkanes of at least 4 members (excludes halogenated alkanes) is 4. The van der Waals surface area contributed by atoms with Crippen LogP contribution >= 0.6 is 0 Å². The van der Waals surface area contributed by atoms with Gasteiger partial charge in [0.25, 0.3) is 0 Å². The molecule has 0 bridgehead atoms. The van der Waals surface area contributed by atoms with Crippen LogP contribution in [-0.2, 0) is 16.1 Å². The second kappa shape index (κ2) is 15.0. The van der Waals surface area contributed by atoms with Gasteiger partial charge in [-0.25, -0.2) is 14.6 Å². The van der Waals surface area contributed by atoms with Gasteiger partial charge in [0.05, 0.1) is 18.6 Å². The lowest BCUT2D eigenvalue weighted by atomic mass is 10.1. The molecular formula is C23H34N2O7. The summed E-state index contributed by atoms with van der Waals surface area (Å²) in [6.07, 6.45) is 6.86. The number of rotatable bonds is 13. The molecule has 2 rings (SSSR count). The van der Waals surface area contributed by atoms with Crippen LogP contribution in [0.5, 0.6) is 5.75 Å². The zero-order valence-corrected chi connectivity index (χ0v) is 18.7. The van der Waals surface area contributed by atoms with Gasteiger partial charge in [-0.15, -0.1) is 0 Å². The zero-order chi connectivity index (χ0) is 23.9. The average Bonchev–Trinajstić information content (AvgIpc) is 3.26. The number of benzene rings is 1. The van der Waals surface area contributed by atoms with Crippen molar-refractivity contribution in [1.82, 2.24) is 9.55 Å². The van der Waals surface area contributed by atoms with Crippen LogP contribution in [0.2, 0.25) is 0 Å². The summed E-state index contributed by atoms with van der Waals surface area (Å²) in [5, 5.41) is 32.5. The highest BCUT2D eigenvalue weighted by Gasteiger charge is 2.29. The molecule has 0 amide bonds. The van der Waals surface area contributed by atoms with Crippen molar-refractivity contribution < 1.29 is 34.8 Å². The van der Waals surface area contributed by atoms with Gasteiger partial charge < -0.3 is 29.7 Å². The normalized spacial score (nSPS) is 12.4. The number of hydrogen-bond acceptors (Lipinski definition) is 6. The van der Waals surface area contributed by atoms with Crippen LogP contribution in [-0.4, -0.2) is 60.7 Å². The van der Waals surface area contributed by atoms with E-state index in [-0.39, 0.29) is 0 Å². The summed E-state index contributed by atoms with van der Waals surface area (Å²) in [6.45, 7) is 6.29. The van der Waals surface area contributed by atoms with Gasteiger partial charge >= 0.3 is 11.9 Å². The van der Waals surface area contributed by atoms with Crippen molar-refractivity contribution in [2.45, 2.75) is 71.1 Å². The maximum absolute atomic E-state index is 9.77. The monoisotopic (exact) mass is 450 g/mol. The molecule has 0 radical (unpaired) electrons. The first-order valence-corrected chi connectivity index (χ1v) is 10.9. The summed E-state index contributed by atoms with van der Waals surface area (Å²) in [5.74, 6) is -2.59. The summed E-state index contributed by atoms with van der Waals surface area (Å²) in [5.41, 5.74) is 2.18. The Morgan fingerprint density at radius 1 is 0.938 bits per heavy atom. The molecule has 0 saturated heterocycles. The predicted octanol–water partition coefficient (Wildman–Crippen LogP) is 3.19. The van der Waals surface area contributed by atoms with Crippen molar-refractivity contribution in [3.05, 3.63) is 36.8 Å². The number of carboxylic acid groups (broad SMARTS) is 2. The van der Waals surface area contributed by atoms with Crippen molar-refractivity contribution in [1.29, 1.82) is 0 Å². The molecule has 0 aliphatic rings. The Morgan fingerprint density at radius 3 is 2.06 bits per heavy atom. The molecule has 0 unspecified atom stereocenters. The molecule has 0 spiro atoms. The lowest BCUT2D eigenvalue weighted by molar-refractivity contribution is -0.165. The van der Waals surface area contributed by atoms with Gasteiger partial charge in [-0.2, -0.15) is 0 Å². The van der Waals surface area contributed by atoms with E-state index in [0.717, 1.165) is 36.6 Å². The molecule has 0 fully saturated rings. The number of nitrogens with zero attached hydrogens (tertiary/aromatic N) is 2. The van der Waals surface area contributed by atoms with Crippen molar-refractivity contribution in [2.75, 3.05) is 6.61 Å². The average molecular weight is 451 g/mol. The minimum absolute atomic E-state index is 0.811. The van der Waals surface area contributed by atoms with E-state index in [1.165, 1.54) is 32.1 Å². The number of hydrogen-bond donors (Lipinski definition) is 4. The second-order valence-corrected chi connectivity index (χ2v) is 7.35. The van der Waals surface area contributed by atoms with E-state index in [2.05, 4.69) is 41.7 Å². The Bertz CT molecular complexity index is 787. The number of ether oxygens (including phenoxy) is 1. The van der Waals surface area contributed by atoms with Crippen LogP contribution in [0.1, 0.15) is 52.4 Å². The number of imidazole rings is 1. The zero-order valence-electron chi connectivity index (χ0n) is 18.7. The Hall–Kier alpha value is -2.91. The SMILES string of the molecule is CCCCCCOc1ccc(-c2cn(CCCC)cn2)cc1.O=C(O)[C@H](O)[C@@H](O)C(=O)O. The Labute approximate surface area is 188 Å². The number of aliphatic carboxylic acids is 2. The van der Waals surface area contributed by atoms with Crippen molar-refractivity contribution in [3.8, 4) is 17.0 Å². The molecule has 9 heteroatoms. The van der Waals surface area contributed by atoms with Gasteiger partial charge in [-0.05, 0) is 37.1 Å². The minimum Gasteiger partial charge on any atom is -0.494 e. The van der Waals surface area contributed by atoms with E-state index in [4.69, 9.17) is 25.2 Å². The topological polar surface area (TPSA) is 142 Å². The minimum atomic E-state index is -2.27. The smallest absolute Gasteiger partial charge is 0.335 e. The molecule has 178 valence electrons. The summed E-state index contributed by atoms with van der Waals surface area (Å²) in [6, 6.07) is 8.27. The van der Waals surface area contributed by atoms with Gasteiger partial charge in [-0.3, -0.25) is 0 Å². The lowest BCUT2D eigenvalue weighted by Gasteiger charge is -2.07. The number of carbonyl (C=O) groups is 2. The van der Waals surface area contributed by atoms with E-state index < -0.39 is 24.1 Å². The fraction of sp³-hybridized carbons (Fsp3) is 0.522. The fourth-order valence-corrected chi connectivity index (χ4v) is 2.68. The molecular weight excluding hydrogens is 416 g/mol. The molecule has 1 heterocycles. The van der Waals surface area contributed by atoms with Crippen LogP contribution in [0.15, 0.2) is 36.8 Å². The standard InChI is InChI=1S/C19H28N2O.C4H6O6/c1-3-5-7-8-14-22-18-11-9-17(10-12-18)19-15-21(16-20-19)13-6-4-2;5-1(3(7)8)2(6)4(9)10/h9-12,15-16H,3-8,13-14H2,1-2H3;1-2,5-6H,(H,7,8)(H,9,10)/t;1-,2-/m.1/s1. The summed E-state index contributed by atoms with van der Waals surface area (Å²) < 4.78 is 7.94. The highest BCUT2D eigenvalue weighted by Crippen LogP contribution is 2.21. The molecule has 1 aromatic carbocycles. The van der Waals surface area contributed by atoms with E-state index in [1.807, 2.05) is 18.5 Å². The maximum atomic E-state index is 9.77. The molecule has 32 heavy (non-hydrogen) atoms. The fourth-order valence-electron chi connectivity index (χ4n) is 2.68. The van der Waals surface area contributed by atoms with Gasteiger partial charge in [-0.1, -0.05) is 39.5 Å². The molecule has 2 aromatic rings. The first-order valence-electron chi connectivity index (χ1n) is 10.9. The highest BCUT2D eigenvalue weighted by atomic mass is 16.5. The summed E-state index contributed by atoms with van der Waals surface area (Å²) in [7, 11) is 0. The molecule has 9 nitrogen and oxygen atoms in total. The van der Waals surface area contributed by atoms with Crippen molar-refractivity contribution >= 4 is 11.9 Å². The second-order valence-electron chi connectivity index (χ2n) is 7.35. The van der Waals surface area contributed by atoms with Gasteiger partial charge in [0.2, 0.25) is 0 Å². The molecule has 4 N–H and O–H groups in total. The van der Waals surface area contributed by atoms with Gasteiger partial charge in [0, 0.05) is 18.3 Å². The number of aryl methyl sites for hydroxylation is 1. The first-order chi connectivity index (χ1) is 15.3. The van der Waals surface area contributed by atoms with Gasteiger partial charge in [0.1, 0.15) is 5.75 Å². The van der Waals surface area contributed by atoms with Gasteiger partial charge in [0.15, 0.2) is 12.2 Å². The van der Waals surface area contributed by atoms with Crippen LogP contribution in [0.4, 0.5) is 0 Å².